The third-order valence-electron chi connectivity index (χ3n) is 4.81. The van der Waals surface area contributed by atoms with Crippen molar-refractivity contribution in [3.8, 4) is 11.5 Å². The number of amides is 1. The minimum Gasteiger partial charge on any atom is -0.454 e. The zero-order valence-electron chi connectivity index (χ0n) is 16.2. The number of benzene rings is 1. The summed E-state index contributed by atoms with van der Waals surface area (Å²) in [6, 6.07) is 6.32. The number of fused-ring (bicyclic) bond motifs is 1. The molecule has 0 radical (unpaired) electrons. The van der Waals surface area contributed by atoms with Crippen LogP contribution in [0.1, 0.15) is 29.9 Å². The molecule has 0 aliphatic carbocycles. The average molecular weight is 383 g/mol. The Hall–Kier alpha value is -2.87. The van der Waals surface area contributed by atoms with Crippen molar-refractivity contribution in [1.29, 1.82) is 0 Å². The van der Waals surface area contributed by atoms with Crippen molar-refractivity contribution in [2.75, 3.05) is 38.3 Å². The van der Waals surface area contributed by atoms with Crippen molar-refractivity contribution in [2.45, 2.75) is 26.4 Å². The summed E-state index contributed by atoms with van der Waals surface area (Å²) in [6.45, 7) is 8.17. The summed E-state index contributed by atoms with van der Waals surface area (Å²) in [5.74, 6) is 2.22. The van der Waals surface area contributed by atoms with E-state index in [1.54, 1.807) is 12.4 Å². The molecule has 0 bridgehead atoms. The summed E-state index contributed by atoms with van der Waals surface area (Å²) < 4.78 is 10.8. The van der Waals surface area contributed by atoms with Gasteiger partial charge in [0.15, 0.2) is 11.5 Å². The van der Waals surface area contributed by atoms with Gasteiger partial charge in [0.1, 0.15) is 11.5 Å². The summed E-state index contributed by atoms with van der Waals surface area (Å²) >= 11 is 0. The van der Waals surface area contributed by atoms with Gasteiger partial charge in [0.25, 0.3) is 5.91 Å². The molecule has 0 spiro atoms. The van der Waals surface area contributed by atoms with Crippen molar-refractivity contribution >= 4 is 11.7 Å². The Morgan fingerprint density at radius 1 is 1.11 bits per heavy atom. The van der Waals surface area contributed by atoms with Crippen LogP contribution in [0.2, 0.25) is 0 Å². The van der Waals surface area contributed by atoms with Crippen molar-refractivity contribution < 1.29 is 14.3 Å². The van der Waals surface area contributed by atoms with Gasteiger partial charge in [0.05, 0.1) is 12.4 Å². The van der Waals surface area contributed by atoms with E-state index in [9.17, 15) is 4.79 Å². The third kappa shape index (κ3) is 4.17. The SMILES string of the molecule is CC(C)Nc1cnc(C(=O)N2CCN(Cc3ccc4c(c3)OCO4)CC2)cn1. The van der Waals surface area contributed by atoms with E-state index in [1.165, 1.54) is 5.56 Å². The third-order valence-corrected chi connectivity index (χ3v) is 4.81. The maximum absolute atomic E-state index is 12.7. The van der Waals surface area contributed by atoms with Gasteiger partial charge >= 0.3 is 0 Å². The predicted molar refractivity (Wildman–Crippen MR) is 105 cm³/mol. The van der Waals surface area contributed by atoms with Gasteiger partial charge in [0.2, 0.25) is 6.79 Å². The number of hydrogen-bond acceptors (Lipinski definition) is 7. The molecule has 1 aromatic heterocycles. The highest BCUT2D eigenvalue weighted by Crippen LogP contribution is 2.32. The Kier molecular flexibility index (Phi) is 5.29. The van der Waals surface area contributed by atoms with E-state index in [1.807, 2.05) is 30.9 Å². The molecule has 1 amide bonds. The quantitative estimate of drug-likeness (QED) is 0.846. The largest absolute Gasteiger partial charge is 0.454 e. The van der Waals surface area contributed by atoms with Crippen LogP contribution in [0.3, 0.4) is 0 Å². The first-order valence-electron chi connectivity index (χ1n) is 9.57. The number of rotatable bonds is 5. The highest BCUT2D eigenvalue weighted by Gasteiger charge is 2.24. The zero-order valence-corrected chi connectivity index (χ0v) is 16.2. The fraction of sp³-hybridized carbons (Fsp3) is 0.450. The number of ether oxygens (including phenoxy) is 2. The molecule has 1 saturated heterocycles. The number of carbonyl (C=O) groups is 1. The van der Waals surface area contributed by atoms with Crippen LogP contribution in [-0.2, 0) is 6.54 Å². The fourth-order valence-corrected chi connectivity index (χ4v) is 3.38. The number of carbonyl (C=O) groups excluding carboxylic acids is 1. The second-order valence-electron chi connectivity index (χ2n) is 7.34. The van der Waals surface area contributed by atoms with Crippen LogP contribution in [0.5, 0.6) is 11.5 Å². The topological polar surface area (TPSA) is 79.8 Å². The van der Waals surface area contributed by atoms with Gasteiger partial charge in [-0.2, -0.15) is 0 Å². The lowest BCUT2D eigenvalue weighted by Gasteiger charge is -2.34. The molecule has 3 heterocycles. The number of piperazine rings is 1. The number of aromatic nitrogens is 2. The molecule has 8 heteroatoms. The van der Waals surface area contributed by atoms with Gasteiger partial charge in [-0.1, -0.05) is 6.07 Å². The minimum absolute atomic E-state index is 0.0636. The summed E-state index contributed by atoms with van der Waals surface area (Å²) in [4.78, 5) is 25.4. The predicted octanol–water partition coefficient (Wildman–Crippen LogP) is 1.98. The van der Waals surface area contributed by atoms with E-state index in [0.29, 0.717) is 24.6 Å². The van der Waals surface area contributed by atoms with Crippen LogP contribution >= 0.6 is 0 Å². The van der Waals surface area contributed by atoms with Crippen molar-refractivity contribution in [2.24, 2.45) is 0 Å². The molecule has 2 aromatic rings. The molecule has 2 aliphatic rings. The van der Waals surface area contributed by atoms with Gasteiger partial charge in [0, 0.05) is 38.8 Å². The van der Waals surface area contributed by atoms with E-state index in [2.05, 4.69) is 26.3 Å². The Morgan fingerprint density at radius 3 is 2.61 bits per heavy atom. The molecule has 148 valence electrons. The second kappa shape index (κ2) is 8.02. The number of hydrogen-bond donors (Lipinski definition) is 1. The van der Waals surface area contributed by atoms with Gasteiger partial charge in [-0.15, -0.1) is 0 Å². The second-order valence-corrected chi connectivity index (χ2v) is 7.34. The monoisotopic (exact) mass is 383 g/mol. The summed E-state index contributed by atoms with van der Waals surface area (Å²) in [6.07, 6.45) is 3.16. The number of nitrogens with zero attached hydrogens (tertiary/aromatic N) is 4. The molecule has 0 unspecified atom stereocenters. The number of anilines is 1. The Labute approximate surface area is 164 Å². The van der Waals surface area contributed by atoms with Gasteiger partial charge in [-0.25, -0.2) is 9.97 Å². The summed E-state index contributed by atoms with van der Waals surface area (Å²) in [7, 11) is 0. The molecule has 0 saturated carbocycles. The molecule has 1 fully saturated rings. The van der Waals surface area contributed by atoms with Crippen LogP contribution in [0.25, 0.3) is 0 Å². The van der Waals surface area contributed by atoms with Crippen molar-refractivity contribution in [3.05, 3.63) is 41.9 Å². The standard InChI is InChI=1S/C20H25N5O3/c1-14(2)23-19-11-21-16(10-22-19)20(26)25-7-5-24(6-8-25)12-15-3-4-17-18(9-15)28-13-27-17/h3-4,9-11,14H,5-8,12-13H2,1-2H3,(H,22,23). The summed E-state index contributed by atoms with van der Waals surface area (Å²) in [5, 5.41) is 3.17. The fourth-order valence-electron chi connectivity index (χ4n) is 3.38. The minimum atomic E-state index is -0.0636. The average Bonchev–Trinajstić information content (AvgIpc) is 3.16. The zero-order chi connectivity index (χ0) is 19.5. The first kappa shape index (κ1) is 18.5. The number of nitrogens with one attached hydrogen (secondary N) is 1. The lowest BCUT2D eigenvalue weighted by molar-refractivity contribution is 0.0622. The normalized spacial score (nSPS) is 16.5. The lowest BCUT2D eigenvalue weighted by atomic mass is 10.1. The van der Waals surface area contributed by atoms with Crippen LogP contribution in [0.15, 0.2) is 30.6 Å². The molecule has 2 aliphatic heterocycles. The molecule has 1 aromatic carbocycles. The van der Waals surface area contributed by atoms with E-state index in [0.717, 1.165) is 31.1 Å². The van der Waals surface area contributed by atoms with Crippen LogP contribution in [0.4, 0.5) is 5.82 Å². The molecule has 8 nitrogen and oxygen atoms in total. The van der Waals surface area contributed by atoms with E-state index in [4.69, 9.17) is 9.47 Å². The highest BCUT2D eigenvalue weighted by molar-refractivity contribution is 5.92. The molecule has 1 N–H and O–H groups in total. The van der Waals surface area contributed by atoms with Crippen LogP contribution in [-0.4, -0.2) is 64.7 Å². The van der Waals surface area contributed by atoms with E-state index >= 15 is 0 Å². The Balaban J connectivity index is 1.30. The van der Waals surface area contributed by atoms with Crippen LogP contribution < -0.4 is 14.8 Å². The molecule has 0 atom stereocenters. The summed E-state index contributed by atoms with van der Waals surface area (Å²) in [5.41, 5.74) is 1.57. The lowest BCUT2D eigenvalue weighted by Crippen LogP contribution is -2.48. The maximum atomic E-state index is 12.7. The molecule has 28 heavy (non-hydrogen) atoms. The van der Waals surface area contributed by atoms with Gasteiger partial charge < -0.3 is 19.7 Å². The molecule has 4 rings (SSSR count). The van der Waals surface area contributed by atoms with Crippen molar-refractivity contribution in [1.82, 2.24) is 19.8 Å². The Bertz CT molecular complexity index is 832. The van der Waals surface area contributed by atoms with Gasteiger partial charge in [-0.05, 0) is 31.5 Å². The van der Waals surface area contributed by atoms with E-state index < -0.39 is 0 Å². The molecular formula is C20H25N5O3. The van der Waals surface area contributed by atoms with E-state index in [-0.39, 0.29) is 18.7 Å². The smallest absolute Gasteiger partial charge is 0.274 e. The Morgan fingerprint density at radius 2 is 1.89 bits per heavy atom. The first-order valence-corrected chi connectivity index (χ1v) is 9.57. The highest BCUT2D eigenvalue weighted by atomic mass is 16.7. The molecular weight excluding hydrogens is 358 g/mol. The van der Waals surface area contributed by atoms with Gasteiger partial charge in [-0.3, -0.25) is 9.69 Å². The first-order chi connectivity index (χ1) is 13.6. The van der Waals surface area contributed by atoms with Crippen LogP contribution in [0, 0.1) is 0 Å². The van der Waals surface area contributed by atoms with Crippen molar-refractivity contribution in [3.63, 3.8) is 0 Å². The maximum Gasteiger partial charge on any atom is 0.274 e.